The number of esters is 1. The predicted octanol–water partition coefficient (Wildman–Crippen LogP) is 2.61. The van der Waals surface area contributed by atoms with Gasteiger partial charge in [0, 0.05) is 26.2 Å². The van der Waals surface area contributed by atoms with Crippen molar-refractivity contribution < 1.29 is 19.0 Å². The van der Waals surface area contributed by atoms with Gasteiger partial charge in [-0.15, -0.1) is 0 Å². The van der Waals surface area contributed by atoms with E-state index in [9.17, 15) is 4.79 Å². The van der Waals surface area contributed by atoms with Crippen molar-refractivity contribution in [2.75, 3.05) is 32.8 Å². The number of ether oxygens (including phenoxy) is 3. The summed E-state index contributed by atoms with van der Waals surface area (Å²) in [5, 5.41) is 0. The number of hydrogen-bond acceptors (Lipinski definition) is 6. The molecule has 1 aliphatic carbocycles. The zero-order valence-electron chi connectivity index (χ0n) is 16.7. The maximum absolute atomic E-state index is 12.0. The van der Waals surface area contributed by atoms with Crippen LogP contribution >= 0.6 is 0 Å². The number of hydrogen-bond donors (Lipinski definition) is 0. The minimum Gasteiger partial charge on any atom is -0.466 e. The van der Waals surface area contributed by atoms with Gasteiger partial charge >= 0.3 is 5.97 Å². The van der Waals surface area contributed by atoms with Gasteiger partial charge in [-0.3, -0.25) is 14.6 Å². The monoisotopic (exact) mass is 368 g/mol. The predicted molar refractivity (Wildman–Crippen MR) is 99.6 cm³/mol. The lowest BCUT2D eigenvalue weighted by Gasteiger charge is -2.44. The third-order valence-electron chi connectivity index (χ3n) is 5.82. The molecular weight excluding hydrogens is 332 g/mol. The minimum atomic E-state index is -0.0297. The second-order valence-corrected chi connectivity index (χ2v) is 8.14. The van der Waals surface area contributed by atoms with Gasteiger partial charge in [0.25, 0.3) is 0 Å². The zero-order valence-corrected chi connectivity index (χ0v) is 16.7. The molecule has 0 aromatic rings. The fourth-order valence-corrected chi connectivity index (χ4v) is 4.63. The Morgan fingerprint density at radius 2 is 1.65 bits per heavy atom. The standard InChI is InChI=1S/C20H36N2O4/c1-4-24-19(23)17-7-9-18(10-8-17)26-20(21-11-5-6-12-21)22-13-15(2)25-16(3)14-22/h15-18,20H,4-14H2,1-3H3. The van der Waals surface area contributed by atoms with Gasteiger partial charge < -0.3 is 14.2 Å². The number of carbonyl (C=O) groups is 1. The summed E-state index contributed by atoms with van der Waals surface area (Å²) in [7, 11) is 0. The van der Waals surface area contributed by atoms with Gasteiger partial charge in [-0.05, 0) is 59.3 Å². The third-order valence-corrected chi connectivity index (χ3v) is 5.82. The van der Waals surface area contributed by atoms with E-state index in [1.807, 2.05) is 6.92 Å². The molecule has 0 radical (unpaired) electrons. The Balaban J connectivity index is 1.57. The number of rotatable bonds is 6. The van der Waals surface area contributed by atoms with E-state index < -0.39 is 0 Å². The van der Waals surface area contributed by atoms with Crippen LogP contribution in [0.5, 0.6) is 0 Å². The van der Waals surface area contributed by atoms with E-state index in [1.165, 1.54) is 12.8 Å². The maximum atomic E-state index is 12.0. The molecule has 0 N–H and O–H groups in total. The first-order chi connectivity index (χ1) is 12.6. The Labute approximate surface area is 158 Å². The Bertz CT molecular complexity index is 437. The highest BCUT2D eigenvalue weighted by molar-refractivity contribution is 5.72. The van der Waals surface area contributed by atoms with E-state index in [0.29, 0.717) is 6.61 Å². The average molecular weight is 369 g/mol. The van der Waals surface area contributed by atoms with Crippen molar-refractivity contribution in [3.63, 3.8) is 0 Å². The normalized spacial score (nSPS) is 35.3. The summed E-state index contributed by atoms with van der Waals surface area (Å²) in [4.78, 5) is 16.9. The lowest BCUT2D eigenvalue weighted by atomic mass is 9.87. The van der Waals surface area contributed by atoms with Gasteiger partial charge in [-0.1, -0.05) is 0 Å². The van der Waals surface area contributed by atoms with Crippen LogP contribution in [0.4, 0.5) is 0 Å². The van der Waals surface area contributed by atoms with Crippen molar-refractivity contribution in [3.05, 3.63) is 0 Å². The SMILES string of the molecule is CCOC(=O)C1CCC(OC(N2CCCC2)N2CC(C)OC(C)C2)CC1. The minimum absolute atomic E-state index is 0.0297. The van der Waals surface area contributed by atoms with Crippen molar-refractivity contribution in [3.8, 4) is 0 Å². The molecule has 2 aliphatic heterocycles. The quantitative estimate of drug-likeness (QED) is 0.672. The van der Waals surface area contributed by atoms with Crippen LogP contribution in [0, 0.1) is 5.92 Å². The van der Waals surface area contributed by atoms with Gasteiger partial charge in [0.1, 0.15) is 0 Å². The maximum Gasteiger partial charge on any atom is 0.308 e. The third kappa shape index (κ3) is 5.18. The highest BCUT2D eigenvalue weighted by atomic mass is 16.5. The van der Waals surface area contributed by atoms with Crippen LogP contribution in [-0.2, 0) is 19.0 Å². The van der Waals surface area contributed by atoms with E-state index in [2.05, 4.69) is 23.6 Å². The zero-order chi connectivity index (χ0) is 18.5. The number of carbonyl (C=O) groups excluding carboxylic acids is 1. The molecule has 26 heavy (non-hydrogen) atoms. The van der Waals surface area contributed by atoms with Crippen LogP contribution in [0.2, 0.25) is 0 Å². The van der Waals surface area contributed by atoms with Crippen molar-refractivity contribution >= 4 is 5.97 Å². The molecule has 0 bridgehead atoms. The fourth-order valence-electron chi connectivity index (χ4n) is 4.63. The van der Waals surface area contributed by atoms with E-state index >= 15 is 0 Å². The molecular formula is C20H36N2O4. The Morgan fingerprint density at radius 3 is 2.23 bits per heavy atom. The molecule has 2 heterocycles. The second kappa shape index (κ2) is 9.49. The van der Waals surface area contributed by atoms with Crippen LogP contribution in [0.15, 0.2) is 0 Å². The van der Waals surface area contributed by atoms with Crippen LogP contribution in [0.25, 0.3) is 0 Å². The Hall–Kier alpha value is -0.690. The molecule has 150 valence electrons. The first-order valence-corrected chi connectivity index (χ1v) is 10.5. The average Bonchev–Trinajstić information content (AvgIpc) is 3.14. The van der Waals surface area contributed by atoms with Gasteiger partial charge in [0.15, 0.2) is 6.35 Å². The first-order valence-electron chi connectivity index (χ1n) is 10.5. The number of nitrogens with zero attached hydrogens (tertiary/aromatic N) is 2. The second-order valence-electron chi connectivity index (χ2n) is 8.14. The molecule has 3 aliphatic rings. The molecule has 3 atom stereocenters. The summed E-state index contributed by atoms with van der Waals surface area (Å²) >= 11 is 0. The van der Waals surface area contributed by atoms with Crippen LogP contribution in [0.3, 0.4) is 0 Å². The van der Waals surface area contributed by atoms with Crippen LogP contribution in [-0.4, -0.2) is 73.2 Å². The molecule has 0 spiro atoms. The van der Waals surface area contributed by atoms with Crippen molar-refractivity contribution in [2.24, 2.45) is 5.92 Å². The van der Waals surface area contributed by atoms with Gasteiger partial charge in [-0.25, -0.2) is 0 Å². The van der Waals surface area contributed by atoms with E-state index in [-0.39, 0.29) is 36.6 Å². The van der Waals surface area contributed by atoms with Gasteiger partial charge in [0.05, 0.1) is 30.8 Å². The lowest BCUT2D eigenvalue weighted by molar-refractivity contribution is -0.215. The number of morpholine rings is 1. The van der Waals surface area contributed by atoms with E-state index in [4.69, 9.17) is 14.2 Å². The summed E-state index contributed by atoms with van der Waals surface area (Å²) in [6.07, 6.45) is 6.94. The summed E-state index contributed by atoms with van der Waals surface area (Å²) < 4.78 is 17.7. The van der Waals surface area contributed by atoms with E-state index in [0.717, 1.165) is 51.9 Å². The Kier molecular flexibility index (Phi) is 7.32. The van der Waals surface area contributed by atoms with Gasteiger partial charge in [-0.2, -0.15) is 0 Å². The summed E-state index contributed by atoms with van der Waals surface area (Å²) in [5.41, 5.74) is 0. The molecule has 0 amide bonds. The lowest BCUT2D eigenvalue weighted by Crippen LogP contribution is -2.57. The molecule has 6 heteroatoms. The highest BCUT2D eigenvalue weighted by Crippen LogP contribution is 2.30. The van der Waals surface area contributed by atoms with E-state index in [1.54, 1.807) is 0 Å². The Morgan fingerprint density at radius 1 is 1.04 bits per heavy atom. The topological polar surface area (TPSA) is 51.2 Å². The number of likely N-dealkylation sites (tertiary alicyclic amines) is 1. The molecule has 3 unspecified atom stereocenters. The molecule has 2 saturated heterocycles. The highest BCUT2D eigenvalue weighted by Gasteiger charge is 2.36. The van der Waals surface area contributed by atoms with Crippen molar-refractivity contribution in [1.29, 1.82) is 0 Å². The molecule has 3 fully saturated rings. The first kappa shape index (κ1) is 20.1. The molecule has 1 saturated carbocycles. The fraction of sp³-hybridized carbons (Fsp3) is 0.950. The molecule has 3 rings (SSSR count). The summed E-state index contributed by atoms with van der Waals surface area (Å²) in [6, 6.07) is 0. The molecule has 0 aromatic heterocycles. The van der Waals surface area contributed by atoms with Crippen LogP contribution < -0.4 is 0 Å². The van der Waals surface area contributed by atoms with Crippen LogP contribution in [0.1, 0.15) is 59.3 Å². The smallest absolute Gasteiger partial charge is 0.308 e. The van der Waals surface area contributed by atoms with Crippen molar-refractivity contribution in [1.82, 2.24) is 9.80 Å². The van der Waals surface area contributed by atoms with Gasteiger partial charge in [0.2, 0.25) is 0 Å². The summed E-state index contributed by atoms with van der Waals surface area (Å²) in [6.45, 7) is 10.7. The molecule has 0 aromatic carbocycles. The van der Waals surface area contributed by atoms with Crippen molar-refractivity contribution in [2.45, 2.75) is 84.0 Å². The molecule has 6 nitrogen and oxygen atoms in total. The largest absolute Gasteiger partial charge is 0.466 e. The summed E-state index contributed by atoms with van der Waals surface area (Å²) in [5.74, 6) is 0.0290.